The van der Waals surface area contributed by atoms with E-state index in [1.54, 1.807) is 12.2 Å². The SMILES string of the molecule is C=CCC=C=CC(=O)OC(C)(C)C. The molecule has 13 heavy (non-hydrogen) atoms. The molecular weight excluding hydrogens is 164 g/mol. The largest absolute Gasteiger partial charge is 0.456 e. The molecule has 2 heteroatoms. The van der Waals surface area contributed by atoms with Crippen LogP contribution in [0.25, 0.3) is 0 Å². The fourth-order valence-corrected chi connectivity index (χ4v) is 0.610. The van der Waals surface area contributed by atoms with Gasteiger partial charge >= 0.3 is 5.97 Å². The monoisotopic (exact) mass is 180 g/mol. The third-order valence-corrected chi connectivity index (χ3v) is 1.01. The lowest BCUT2D eigenvalue weighted by Gasteiger charge is -2.17. The molecular formula is C11H16O2. The van der Waals surface area contributed by atoms with Gasteiger partial charge in [-0.05, 0) is 33.3 Å². The first-order chi connectivity index (χ1) is 5.95. The van der Waals surface area contributed by atoms with E-state index in [9.17, 15) is 4.79 Å². The van der Waals surface area contributed by atoms with Crippen molar-refractivity contribution in [3.05, 3.63) is 30.5 Å². The van der Waals surface area contributed by atoms with Gasteiger partial charge in [-0.15, -0.1) is 12.3 Å². The first kappa shape index (κ1) is 11.7. The summed E-state index contributed by atoms with van der Waals surface area (Å²) in [5.74, 6) is -0.368. The molecule has 0 radical (unpaired) electrons. The van der Waals surface area contributed by atoms with Gasteiger partial charge < -0.3 is 4.74 Å². The second-order valence-electron chi connectivity index (χ2n) is 3.57. The molecule has 0 heterocycles. The number of carbonyl (C=O) groups is 1. The van der Waals surface area contributed by atoms with Crippen LogP contribution >= 0.6 is 0 Å². The lowest BCUT2D eigenvalue weighted by Crippen LogP contribution is -2.22. The summed E-state index contributed by atoms with van der Waals surface area (Å²) in [5, 5.41) is 0. The minimum Gasteiger partial charge on any atom is -0.456 e. The smallest absolute Gasteiger partial charge is 0.339 e. The molecule has 0 aromatic carbocycles. The molecule has 0 saturated carbocycles. The lowest BCUT2D eigenvalue weighted by molar-refractivity contribution is -0.148. The molecule has 72 valence electrons. The average Bonchev–Trinajstić information content (AvgIpc) is 1.94. The van der Waals surface area contributed by atoms with Gasteiger partial charge in [0.05, 0.1) is 6.08 Å². The first-order valence-corrected chi connectivity index (χ1v) is 4.20. The summed E-state index contributed by atoms with van der Waals surface area (Å²) in [6.07, 6.45) is 5.45. The van der Waals surface area contributed by atoms with Crippen molar-refractivity contribution in [2.45, 2.75) is 32.8 Å². The van der Waals surface area contributed by atoms with Crippen molar-refractivity contribution in [1.29, 1.82) is 0 Å². The fourth-order valence-electron chi connectivity index (χ4n) is 0.610. The summed E-state index contributed by atoms with van der Waals surface area (Å²) in [6, 6.07) is 0. The summed E-state index contributed by atoms with van der Waals surface area (Å²) in [5.41, 5.74) is 2.28. The summed E-state index contributed by atoms with van der Waals surface area (Å²) >= 11 is 0. The minimum absolute atomic E-state index is 0.368. The highest BCUT2D eigenvalue weighted by atomic mass is 16.6. The van der Waals surface area contributed by atoms with Gasteiger partial charge in [0.2, 0.25) is 0 Å². The van der Waals surface area contributed by atoms with Crippen molar-refractivity contribution in [2.75, 3.05) is 0 Å². The summed E-state index contributed by atoms with van der Waals surface area (Å²) in [6.45, 7) is 9.01. The molecule has 0 saturated heterocycles. The Morgan fingerprint density at radius 3 is 2.62 bits per heavy atom. The van der Waals surface area contributed by atoms with E-state index >= 15 is 0 Å². The third-order valence-electron chi connectivity index (χ3n) is 1.01. The van der Waals surface area contributed by atoms with Crippen molar-refractivity contribution in [1.82, 2.24) is 0 Å². The molecule has 0 aliphatic carbocycles. The van der Waals surface area contributed by atoms with E-state index in [4.69, 9.17) is 4.74 Å². The van der Waals surface area contributed by atoms with Crippen LogP contribution in [-0.4, -0.2) is 11.6 Å². The molecule has 0 aliphatic rings. The molecule has 0 bridgehead atoms. The van der Waals surface area contributed by atoms with Crippen molar-refractivity contribution >= 4 is 5.97 Å². The van der Waals surface area contributed by atoms with Gasteiger partial charge in [0.25, 0.3) is 0 Å². The van der Waals surface area contributed by atoms with Crippen molar-refractivity contribution in [3.63, 3.8) is 0 Å². The Bertz CT molecular complexity index is 237. The number of hydrogen-bond acceptors (Lipinski definition) is 2. The highest BCUT2D eigenvalue weighted by molar-refractivity contribution is 5.82. The van der Waals surface area contributed by atoms with Crippen molar-refractivity contribution in [2.24, 2.45) is 0 Å². The van der Waals surface area contributed by atoms with Gasteiger partial charge in [-0.25, -0.2) is 4.79 Å². The van der Waals surface area contributed by atoms with E-state index < -0.39 is 5.60 Å². The summed E-state index contributed by atoms with van der Waals surface area (Å²) in [4.78, 5) is 11.0. The Labute approximate surface area is 79.6 Å². The minimum atomic E-state index is -0.437. The molecule has 2 nitrogen and oxygen atoms in total. The van der Waals surface area contributed by atoms with Gasteiger partial charge in [-0.1, -0.05) is 6.08 Å². The van der Waals surface area contributed by atoms with Gasteiger partial charge in [-0.3, -0.25) is 0 Å². The van der Waals surface area contributed by atoms with Crippen LogP contribution in [0.15, 0.2) is 30.5 Å². The average molecular weight is 180 g/mol. The van der Waals surface area contributed by atoms with Crippen LogP contribution < -0.4 is 0 Å². The first-order valence-electron chi connectivity index (χ1n) is 4.20. The zero-order valence-corrected chi connectivity index (χ0v) is 8.46. The number of esters is 1. The number of carbonyl (C=O) groups excluding carboxylic acids is 1. The molecule has 0 fully saturated rings. The topological polar surface area (TPSA) is 26.3 Å². The Morgan fingerprint density at radius 2 is 2.15 bits per heavy atom. The normalized spacial score (nSPS) is 9.77. The van der Waals surface area contributed by atoms with Crippen LogP contribution in [0.3, 0.4) is 0 Å². The van der Waals surface area contributed by atoms with E-state index in [2.05, 4.69) is 12.3 Å². The van der Waals surface area contributed by atoms with Gasteiger partial charge in [0.1, 0.15) is 5.60 Å². The standard InChI is InChI=1S/C11H16O2/c1-5-6-7-8-9-10(12)13-11(2,3)4/h5,7,9H,1,6H2,2-4H3. The molecule has 0 N–H and O–H groups in total. The van der Waals surface area contributed by atoms with Gasteiger partial charge in [-0.2, -0.15) is 0 Å². The van der Waals surface area contributed by atoms with Crippen LogP contribution in [0.2, 0.25) is 0 Å². The molecule has 0 aliphatic heterocycles. The van der Waals surface area contributed by atoms with Crippen LogP contribution in [0.4, 0.5) is 0 Å². The maximum absolute atomic E-state index is 11.0. The van der Waals surface area contributed by atoms with Gasteiger partial charge in [0.15, 0.2) is 0 Å². The zero-order valence-electron chi connectivity index (χ0n) is 8.46. The fraction of sp³-hybridized carbons (Fsp3) is 0.455. The van der Waals surface area contributed by atoms with Crippen LogP contribution in [-0.2, 0) is 9.53 Å². The Hall–Kier alpha value is -1.27. The Balaban J connectivity index is 4.01. The highest BCUT2D eigenvalue weighted by Gasteiger charge is 2.13. The molecule has 0 unspecified atom stereocenters. The number of rotatable bonds is 3. The molecule has 0 aromatic rings. The predicted molar refractivity (Wildman–Crippen MR) is 53.3 cm³/mol. The third kappa shape index (κ3) is 8.64. The quantitative estimate of drug-likeness (QED) is 0.289. The van der Waals surface area contributed by atoms with Crippen LogP contribution in [0.5, 0.6) is 0 Å². The number of hydrogen-bond donors (Lipinski definition) is 0. The molecule has 0 amide bonds. The zero-order chi connectivity index (χ0) is 10.3. The van der Waals surface area contributed by atoms with E-state index in [1.807, 2.05) is 20.8 Å². The molecule has 0 aromatic heterocycles. The van der Waals surface area contributed by atoms with Crippen LogP contribution in [0.1, 0.15) is 27.2 Å². The van der Waals surface area contributed by atoms with E-state index in [0.29, 0.717) is 6.42 Å². The van der Waals surface area contributed by atoms with E-state index in [-0.39, 0.29) is 5.97 Å². The number of allylic oxidation sites excluding steroid dienone is 1. The van der Waals surface area contributed by atoms with Gasteiger partial charge in [0, 0.05) is 0 Å². The maximum Gasteiger partial charge on any atom is 0.339 e. The van der Waals surface area contributed by atoms with E-state index in [1.165, 1.54) is 6.08 Å². The number of ether oxygens (including phenoxy) is 1. The molecule has 0 atom stereocenters. The predicted octanol–water partition coefficient (Wildman–Crippen LogP) is 2.62. The maximum atomic E-state index is 11.0. The highest BCUT2D eigenvalue weighted by Crippen LogP contribution is 2.06. The summed E-state index contributed by atoms with van der Waals surface area (Å²) in [7, 11) is 0. The van der Waals surface area contributed by atoms with Crippen molar-refractivity contribution in [3.8, 4) is 0 Å². The second kappa shape index (κ2) is 5.39. The summed E-state index contributed by atoms with van der Waals surface area (Å²) < 4.78 is 5.02. The lowest BCUT2D eigenvalue weighted by atomic mass is 10.2. The van der Waals surface area contributed by atoms with E-state index in [0.717, 1.165) is 0 Å². The molecule has 0 rings (SSSR count). The Kier molecular flexibility index (Phi) is 4.86. The Morgan fingerprint density at radius 1 is 1.54 bits per heavy atom. The second-order valence-corrected chi connectivity index (χ2v) is 3.57. The van der Waals surface area contributed by atoms with Crippen molar-refractivity contribution < 1.29 is 9.53 Å². The molecule has 0 spiro atoms. The van der Waals surface area contributed by atoms with Crippen LogP contribution in [0, 0.1) is 0 Å².